The Hall–Kier alpha value is -0.120. The summed E-state index contributed by atoms with van der Waals surface area (Å²) < 4.78 is 0. The Balaban J connectivity index is 2.32. The zero-order valence-electron chi connectivity index (χ0n) is 14.3. The van der Waals surface area contributed by atoms with Gasteiger partial charge in [0.2, 0.25) is 0 Å². The minimum atomic E-state index is 0.557. The fourth-order valence-corrected chi connectivity index (χ4v) is 3.12. The lowest BCUT2D eigenvalue weighted by Gasteiger charge is -2.33. The van der Waals surface area contributed by atoms with E-state index in [2.05, 4.69) is 43.7 Å². The second kappa shape index (κ2) is 10.6. The van der Waals surface area contributed by atoms with E-state index >= 15 is 0 Å². The fourth-order valence-electron chi connectivity index (χ4n) is 3.12. The molecule has 3 heteroatoms. The average Bonchev–Trinajstić information content (AvgIpc) is 2.89. The molecule has 0 spiro atoms. The van der Waals surface area contributed by atoms with E-state index in [9.17, 15) is 0 Å². The molecule has 0 aromatic rings. The van der Waals surface area contributed by atoms with Gasteiger partial charge in [-0.1, -0.05) is 52.9 Å². The third kappa shape index (κ3) is 7.61. The summed E-state index contributed by atoms with van der Waals surface area (Å²) in [6.07, 6.45) is 12.0. The van der Waals surface area contributed by atoms with Gasteiger partial charge >= 0.3 is 0 Å². The molecule has 0 radical (unpaired) electrons. The van der Waals surface area contributed by atoms with Crippen LogP contribution in [0.1, 0.15) is 85.5 Å². The highest BCUT2D eigenvalue weighted by Gasteiger charge is 2.21. The van der Waals surface area contributed by atoms with Crippen molar-refractivity contribution in [3.05, 3.63) is 0 Å². The summed E-state index contributed by atoms with van der Waals surface area (Å²) in [5, 5.41) is 2.32. The molecule has 1 fully saturated rings. The summed E-state index contributed by atoms with van der Waals surface area (Å²) >= 11 is 0. The van der Waals surface area contributed by atoms with Crippen LogP contribution in [0.2, 0.25) is 0 Å². The number of nitrogens with one attached hydrogen (secondary N) is 2. The van der Waals surface area contributed by atoms with Crippen LogP contribution in [0.15, 0.2) is 0 Å². The molecule has 0 saturated heterocycles. The molecule has 0 bridgehead atoms. The van der Waals surface area contributed by atoms with Crippen LogP contribution in [-0.4, -0.2) is 23.7 Å². The molecule has 1 aliphatic carbocycles. The first kappa shape index (κ1) is 17.9. The van der Waals surface area contributed by atoms with Crippen molar-refractivity contribution >= 4 is 0 Å². The molecule has 2 N–H and O–H groups in total. The first-order chi connectivity index (χ1) is 9.63. The van der Waals surface area contributed by atoms with Crippen LogP contribution < -0.4 is 10.9 Å². The van der Waals surface area contributed by atoms with Crippen LogP contribution in [0.3, 0.4) is 0 Å². The number of hydrogen-bond acceptors (Lipinski definition) is 3. The van der Waals surface area contributed by atoms with E-state index in [4.69, 9.17) is 0 Å². The second-order valence-electron chi connectivity index (χ2n) is 6.93. The molecule has 1 rings (SSSR count). The molecule has 120 valence electrons. The third-order valence-corrected chi connectivity index (χ3v) is 4.24. The average molecular weight is 284 g/mol. The molecule has 20 heavy (non-hydrogen) atoms. The van der Waals surface area contributed by atoms with Crippen LogP contribution in [0.5, 0.6) is 0 Å². The van der Waals surface area contributed by atoms with Gasteiger partial charge in [0.05, 0.1) is 0 Å². The van der Waals surface area contributed by atoms with Gasteiger partial charge in [-0.25, -0.2) is 10.9 Å². The molecule has 0 aromatic heterocycles. The van der Waals surface area contributed by atoms with Gasteiger partial charge in [0.1, 0.15) is 0 Å². The van der Waals surface area contributed by atoms with Gasteiger partial charge in [-0.3, -0.25) is 0 Å². The zero-order valence-corrected chi connectivity index (χ0v) is 14.3. The van der Waals surface area contributed by atoms with Crippen molar-refractivity contribution in [2.24, 2.45) is 5.92 Å². The number of hydrogen-bond donors (Lipinski definition) is 2. The number of hydrazine groups is 2. The van der Waals surface area contributed by atoms with Crippen LogP contribution in [0.25, 0.3) is 0 Å². The van der Waals surface area contributed by atoms with Crippen molar-refractivity contribution in [2.75, 3.05) is 6.54 Å². The summed E-state index contributed by atoms with van der Waals surface area (Å²) in [4.78, 5) is 0. The normalized spacial score (nSPS) is 18.3. The van der Waals surface area contributed by atoms with E-state index in [-0.39, 0.29) is 0 Å². The second-order valence-corrected chi connectivity index (χ2v) is 6.93. The molecule has 1 saturated carbocycles. The maximum atomic E-state index is 3.73. The first-order valence-electron chi connectivity index (χ1n) is 8.92. The minimum absolute atomic E-state index is 0.557. The van der Waals surface area contributed by atoms with Gasteiger partial charge in [0.15, 0.2) is 0 Å². The van der Waals surface area contributed by atoms with Crippen molar-refractivity contribution in [1.29, 1.82) is 0 Å². The van der Waals surface area contributed by atoms with Gasteiger partial charge < -0.3 is 0 Å². The van der Waals surface area contributed by atoms with Gasteiger partial charge in [-0.2, -0.15) is 5.12 Å². The van der Waals surface area contributed by atoms with Gasteiger partial charge in [-0.05, 0) is 38.5 Å². The molecular weight excluding hydrogens is 246 g/mol. The van der Waals surface area contributed by atoms with Crippen molar-refractivity contribution < 1.29 is 0 Å². The van der Waals surface area contributed by atoms with E-state index < -0.39 is 0 Å². The Labute approximate surface area is 126 Å². The van der Waals surface area contributed by atoms with Gasteiger partial charge in [0, 0.05) is 18.6 Å². The highest BCUT2D eigenvalue weighted by molar-refractivity contribution is 4.74. The van der Waals surface area contributed by atoms with Crippen molar-refractivity contribution in [3.63, 3.8) is 0 Å². The smallest absolute Gasteiger partial charge is 0.0374 e. The van der Waals surface area contributed by atoms with Crippen molar-refractivity contribution in [2.45, 2.75) is 97.6 Å². The van der Waals surface area contributed by atoms with Crippen LogP contribution >= 0.6 is 0 Å². The van der Waals surface area contributed by atoms with Gasteiger partial charge in [0.25, 0.3) is 0 Å². The summed E-state index contributed by atoms with van der Waals surface area (Å²) in [7, 11) is 0. The number of nitrogens with zero attached hydrogens (tertiary/aromatic N) is 1. The van der Waals surface area contributed by atoms with Crippen molar-refractivity contribution in [3.8, 4) is 0 Å². The summed E-state index contributed by atoms with van der Waals surface area (Å²) in [5.74, 6) is 0.750. The van der Waals surface area contributed by atoms with E-state index in [1.807, 2.05) is 0 Å². The predicted octanol–water partition coefficient (Wildman–Crippen LogP) is 4.26. The molecule has 0 aliphatic heterocycles. The lowest BCUT2D eigenvalue weighted by molar-refractivity contribution is 0.0375. The number of rotatable bonds is 11. The van der Waals surface area contributed by atoms with E-state index in [1.165, 1.54) is 57.8 Å². The SMILES string of the molecule is CCCCCCNN(NC1CCCC1)C(C)CC(C)C. The van der Waals surface area contributed by atoms with Gasteiger partial charge in [-0.15, -0.1) is 0 Å². The Morgan fingerprint density at radius 3 is 2.35 bits per heavy atom. The third-order valence-electron chi connectivity index (χ3n) is 4.24. The topological polar surface area (TPSA) is 27.3 Å². The summed E-state index contributed by atoms with van der Waals surface area (Å²) in [6, 6.07) is 1.24. The molecule has 0 amide bonds. The monoisotopic (exact) mass is 283 g/mol. The summed E-state index contributed by atoms with van der Waals surface area (Å²) in [5.41, 5.74) is 7.37. The minimum Gasteiger partial charge on any atom is -0.241 e. The van der Waals surface area contributed by atoms with E-state index in [0.717, 1.165) is 12.5 Å². The molecule has 3 nitrogen and oxygen atoms in total. The van der Waals surface area contributed by atoms with Crippen molar-refractivity contribution in [1.82, 2.24) is 16.0 Å². The Bertz CT molecular complexity index is 224. The Morgan fingerprint density at radius 1 is 1.05 bits per heavy atom. The first-order valence-corrected chi connectivity index (χ1v) is 8.92. The molecule has 1 aliphatic rings. The number of unbranched alkanes of at least 4 members (excludes halogenated alkanes) is 3. The maximum Gasteiger partial charge on any atom is 0.0374 e. The highest BCUT2D eigenvalue weighted by atomic mass is 15.7. The standard InChI is InChI=1S/C17H37N3/c1-5-6-7-10-13-18-20(16(4)14-15(2)3)19-17-11-8-9-12-17/h15-19H,5-14H2,1-4H3. The maximum absolute atomic E-state index is 3.73. The lowest BCUT2D eigenvalue weighted by Crippen LogP contribution is -2.56. The fraction of sp³-hybridized carbons (Fsp3) is 1.00. The van der Waals surface area contributed by atoms with E-state index in [1.54, 1.807) is 0 Å². The van der Waals surface area contributed by atoms with Crippen LogP contribution in [0, 0.1) is 5.92 Å². The molecular formula is C17H37N3. The molecule has 0 heterocycles. The Morgan fingerprint density at radius 2 is 1.75 bits per heavy atom. The zero-order chi connectivity index (χ0) is 14.8. The highest BCUT2D eigenvalue weighted by Crippen LogP contribution is 2.19. The van der Waals surface area contributed by atoms with Crippen LogP contribution in [0.4, 0.5) is 0 Å². The molecule has 0 aromatic carbocycles. The predicted molar refractivity (Wildman–Crippen MR) is 88.3 cm³/mol. The lowest BCUT2D eigenvalue weighted by atomic mass is 10.1. The molecule has 1 atom stereocenters. The summed E-state index contributed by atoms with van der Waals surface area (Å²) in [6.45, 7) is 10.3. The van der Waals surface area contributed by atoms with Crippen LogP contribution in [-0.2, 0) is 0 Å². The van der Waals surface area contributed by atoms with E-state index in [0.29, 0.717) is 12.1 Å². The largest absolute Gasteiger partial charge is 0.241 e. The Kier molecular flexibility index (Phi) is 9.49. The molecule has 1 unspecified atom stereocenters. The quantitative estimate of drug-likeness (QED) is 0.438.